The minimum absolute atomic E-state index is 0.0408. The second-order valence-corrected chi connectivity index (χ2v) is 9.48. The molecule has 32 heavy (non-hydrogen) atoms. The first kappa shape index (κ1) is 22.8. The molecule has 0 bridgehead atoms. The Balaban J connectivity index is 1.74. The monoisotopic (exact) mass is 487 g/mol. The lowest BCUT2D eigenvalue weighted by atomic mass is 10.1. The zero-order valence-electron chi connectivity index (χ0n) is 18.2. The van der Waals surface area contributed by atoms with Crippen LogP contribution < -0.4 is 0 Å². The fourth-order valence-electron chi connectivity index (χ4n) is 3.93. The zero-order valence-corrected chi connectivity index (χ0v) is 20.6. The van der Waals surface area contributed by atoms with Crippen LogP contribution in [0, 0.1) is 25.2 Å². The van der Waals surface area contributed by atoms with Crippen LogP contribution in [0.15, 0.2) is 39.9 Å². The molecule has 0 atom stereocenters. The molecule has 0 aliphatic carbocycles. The van der Waals surface area contributed by atoms with Crippen LogP contribution in [0.3, 0.4) is 0 Å². The Bertz CT molecular complexity index is 1220. The van der Waals surface area contributed by atoms with Gasteiger partial charge < -0.3 is 4.57 Å². The smallest absolute Gasteiger partial charge is 0.283 e. The summed E-state index contributed by atoms with van der Waals surface area (Å²) in [4.78, 5) is 17.0. The fourth-order valence-corrected chi connectivity index (χ4v) is 5.47. The average Bonchev–Trinajstić information content (AvgIpc) is 3.29. The van der Waals surface area contributed by atoms with Gasteiger partial charge in [0.25, 0.3) is 5.91 Å². The van der Waals surface area contributed by atoms with E-state index in [1.807, 2.05) is 36.6 Å². The average molecular weight is 488 g/mol. The van der Waals surface area contributed by atoms with Crippen LogP contribution in [0.5, 0.6) is 0 Å². The summed E-state index contributed by atoms with van der Waals surface area (Å²) in [6.45, 7) is 8.12. The third-order valence-electron chi connectivity index (χ3n) is 5.75. The summed E-state index contributed by atoms with van der Waals surface area (Å²) in [5.41, 5.74) is 3.59. The molecule has 0 saturated heterocycles. The number of carbonyl (C=O) groups is 1. The van der Waals surface area contributed by atoms with E-state index in [1.165, 1.54) is 16.8 Å². The highest BCUT2D eigenvalue weighted by atomic mass is 35.5. The number of nitrogens with zero attached hydrogens (tertiary/aromatic N) is 4. The highest BCUT2D eigenvalue weighted by molar-refractivity contribution is 8.27. The van der Waals surface area contributed by atoms with E-state index in [-0.39, 0.29) is 11.4 Å². The Hall–Kier alpha value is -2.35. The number of halogens is 2. The van der Waals surface area contributed by atoms with Gasteiger partial charge in [-0.25, -0.2) is 0 Å². The molecule has 3 heterocycles. The minimum Gasteiger partial charge on any atom is -0.316 e. The van der Waals surface area contributed by atoms with E-state index >= 15 is 0 Å². The first-order valence-electron chi connectivity index (χ1n) is 10.4. The highest BCUT2D eigenvalue weighted by Crippen LogP contribution is 2.35. The Labute approximate surface area is 201 Å². The Morgan fingerprint density at radius 2 is 1.94 bits per heavy atom. The number of aliphatic imine (C=N–C) groups is 1. The van der Waals surface area contributed by atoms with E-state index in [0.717, 1.165) is 40.5 Å². The number of hydrogen-bond donors (Lipinski definition) is 1. The second kappa shape index (κ2) is 8.89. The molecule has 0 fully saturated rings. The number of benzene rings is 1. The molecule has 166 valence electrons. The largest absolute Gasteiger partial charge is 0.316 e. The van der Waals surface area contributed by atoms with Crippen molar-refractivity contribution in [3.63, 3.8) is 0 Å². The summed E-state index contributed by atoms with van der Waals surface area (Å²) in [5.74, 6) is -0.0932. The Morgan fingerprint density at radius 1 is 1.22 bits per heavy atom. The zero-order chi connectivity index (χ0) is 23.2. The highest BCUT2D eigenvalue weighted by Gasteiger charge is 2.37. The van der Waals surface area contributed by atoms with Crippen molar-refractivity contribution in [2.75, 3.05) is 0 Å². The third-order valence-corrected chi connectivity index (χ3v) is 7.63. The molecule has 1 amide bonds. The molecule has 2 aromatic rings. The number of hydrazone groups is 1. The molecular formula is C23H23Cl2N5OS. The predicted molar refractivity (Wildman–Crippen MR) is 134 cm³/mol. The maximum absolute atomic E-state index is 12.8. The molecule has 1 N–H and O–H groups in total. The van der Waals surface area contributed by atoms with Crippen LogP contribution >= 0.6 is 35.0 Å². The van der Waals surface area contributed by atoms with Gasteiger partial charge in [0.1, 0.15) is 5.04 Å². The van der Waals surface area contributed by atoms with E-state index < -0.39 is 5.91 Å². The predicted octanol–water partition coefficient (Wildman–Crippen LogP) is 6.46. The summed E-state index contributed by atoms with van der Waals surface area (Å²) in [5, 5.41) is 17.0. The summed E-state index contributed by atoms with van der Waals surface area (Å²) in [6.07, 6.45) is 3.61. The Kier molecular flexibility index (Phi) is 6.34. The minimum atomic E-state index is -0.430. The molecule has 0 spiro atoms. The SMILES string of the molecule is CCC(CC)C1=NN2C(=N)/C(=C\c3cc(C)n(-c4cccc(Cl)c4Cl)c3C)C(=O)N=C2S1. The van der Waals surface area contributed by atoms with Gasteiger partial charge in [-0.05, 0) is 68.3 Å². The van der Waals surface area contributed by atoms with Crippen molar-refractivity contribution in [1.82, 2.24) is 9.58 Å². The number of aryl methyl sites for hydroxylation is 1. The van der Waals surface area contributed by atoms with Gasteiger partial charge in [0.05, 0.1) is 21.3 Å². The quantitative estimate of drug-likeness (QED) is 0.491. The molecule has 6 nitrogen and oxygen atoms in total. The summed E-state index contributed by atoms with van der Waals surface area (Å²) in [7, 11) is 0. The number of amidine groups is 2. The van der Waals surface area contributed by atoms with Gasteiger partial charge in [0.15, 0.2) is 5.84 Å². The number of hydrogen-bond acceptors (Lipinski definition) is 4. The lowest BCUT2D eigenvalue weighted by Crippen LogP contribution is -2.35. The third kappa shape index (κ3) is 3.83. The standard InChI is InChI=1S/C23H23Cl2N5OS/c1-5-14(6-2)22-28-30-20(26)16(21(31)27-23(30)32-22)11-15-10-12(3)29(13(15)4)18-9-7-8-17(24)19(18)25/h7-11,14,26H,5-6H2,1-4H3/b16-11+,26-20?. The number of thioether (sulfide) groups is 1. The maximum atomic E-state index is 12.8. The van der Waals surface area contributed by atoms with Crippen molar-refractivity contribution in [3.8, 4) is 5.69 Å². The van der Waals surface area contributed by atoms with Crippen LogP contribution in [0.1, 0.15) is 43.6 Å². The number of carbonyl (C=O) groups excluding carboxylic acids is 1. The van der Waals surface area contributed by atoms with Crippen LogP contribution in [-0.4, -0.2) is 31.5 Å². The second-order valence-electron chi connectivity index (χ2n) is 7.71. The van der Waals surface area contributed by atoms with Crippen molar-refractivity contribution in [2.45, 2.75) is 40.5 Å². The normalized spacial score (nSPS) is 17.3. The molecule has 2 aliphatic rings. The first-order chi connectivity index (χ1) is 15.3. The van der Waals surface area contributed by atoms with E-state index in [0.29, 0.717) is 21.1 Å². The van der Waals surface area contributed by atoms with Gasteiger partial charge in [0.2, 0.25) is 5.17 Å². The van der Waals surface area contributed by atoms with Crippen molar-refractivity contribution >= 4 is 63.0 Å². The van der Waals surface area contributed by atoms with Crippen LogP contribution in [0.2, 0.25) is 10.0 Å². The summed E-state index contributed by atoms with van der Waals surface area (Å²) < 4.78 is 1.99. The topological polar surface area (TPSA) is 73.8 Å². The van der Waals surface area contributed by atoms with Crippen LogP contribution in [0.25, 0.3) is 11.8 Å². The molecule has 0 unspecified atom stereocenters. The molecule has 1 aromatic heterocycles. The molecule has 2 aliphatic heterocycles. The first-order valence-corrected chi connectivity index (χ1v) is 12.0. The van der Waals surface area contributed by atoms with Gasteiger partial charge in [-0.15, -0.1) is 0 Å². The molecule has 1 aromatic carbocycles. The summed E-state index contributed by atoms with van der Waals surface area (Å²) >= 11 is 14.0. The fraction of sp³-hybridized carbons (Fsp3) is 0.304. The number of amides is 1. The maximum Gasteiger partial charge on any atom is 0.283 e. The van der Waals surface area contributed by atoms with Gasteiger partial charge in [-0.2, -0.15) is 15.1 Å². The Morgan fingerprint density at radius 3 is 2.62 bits per heavy atom. The van der Waals surface area contributed by atoms with Gasteiger partial charge in [-0.1, -0.05) is 43.1 Å². The lowest BCUT2D eigenvalue weighted by molar-refractivity contribution is -0.114. The van der Waals surface area contributed by atoms with Crippen molar-refractivity contribution < 1.29 is 4.79 Å². The van der Waals surface area contributed by atoms with Crippen molar-refractivity contribution in [2.24, 2.45) is 16.0 Å². The van der Waals surface area contributed by atoms with E-state index in [4.69, 9.17) is 28.6 Å². The molecule has 4 rings (SSSR count). The molecule has 9 heteroatoms. The van der Waals surface area contributed by atoms with Crippen LogP contribution in [-0.2, 0) is 4.79 Å². The van der Waals surface area contributed by atoms with Gasteiger partial charge in [0, 0.05) is 17.3 Å². The summed E-state index contributed by atoms with van der Waals surface area (Å²) in [6, 6.07) is 7.44. The van der Waals surface area contributed by atoms with E-state index in [9.17, 15) is 4.79 Å². The molecule has 0 saturated carbocycles. The molecular weight excluding hydrogens is 465 g/mol. The number of fused-ring (bicyclic) bond motifs is 1. The molecule has 0 radical (unpaired) electrons. The number of aromatic nitrogens is 1. The van der Waals surface area contributed by atoms with Gasteiger partial charge >= 0.3 is 0 Å². The number of rotatable bonds is 5. The van der Waals surface area contributed by atoms with Crippen molar-refractivity contribution in [1.29, 1.82) is 5.41 Å². The van der Waals surface area contributed by atoms with Crippen LogP contribution in [0.4, 0.5) is 0 Å². The van der Waals surface area contributed by atoms with E-state index in [1.54, 1.807) is 12.1 Å². The van der Waals surface area contributed by atoms with Crippen molar-refractivity contribution in [3.05, 3.63) is 56.8 Å². The van der Waals surface area contributed by atoms with Gasteiger partial charge in [-0.3, -0.25) is 10.2 Å². The lowest BCUT2D eigenvalue weighted by Gasteiger charge is -2.20. The van der Waals surface area contributed by atoms with E-state index in [2.05, 4.69) is 23.9 Å². The number of nitrogens with one attached hydrogen (secondary N) is 1.